The van der Waals surface area contributed by atoms with Gasteiger partial charge in [-0.1, -0.05) is 266 Å². The fourth-order valence-electron chi connectivity index (χ4n) is 10.5. The number of allylic oxidation sites excluding steroid dienone is 16. The third kappa shape index (κ3) is 72.3. The van der Waals surface area contributed by atoms with Crippen LogP contribution < -0.4 is 0 Å². The molecule has 19 heteroatoms. The van der Waals surface area contributed by atoms with Gasteiger partial charge in [0.15, 0.2) is 12.2 Å². The molecule has 0 aromatic carbocycles. The van der Waals surface area contributed by atoms with Crippen LogP contribution in [0.15, 0.2) is 97.2 Å². The van der Waals surface area contributed by atoms with Crippen LogP contribution in [0, 0.1) is 0 Å². The zero-order valence-electron chi connectivity index (χ0n) is 63.1. The van der Waals surface area contributed by atoms with Gasteiger partial charge in [-0.15, -0.1) is 0 Å². The number of aliphatic hydroxyl groups is 1. The van der Waals surface area contributed by atoms with Crippen molar-refractivity contribution in [3.63, 3.8) is 0 Å². The molecule has 0 fully saturated rings. The molecule has 578 valence electrons. The largest absolute Gasteiger partial charge is 0.472 e. The molecule has 0 aliphatic carbocycles. The zero-order chi connectivity index (χ0) is 73.2. The molecule has 0 aromatic heterocycles. The maximum Gasteiger partial charge on any atom is 0.472 e. The third-order valence-electron chi connectivity index (χ3n) is 16.5. The van der Waals surface area contributed by atoms with E-state index in [1.807, 2.05) is 0 Å². The van der Waals surface area contributed by atoms with Gasteiger partial charge in [-0.3, -0.25) is 37.3 Å². The van der Waals surface area contributed by atoms with Crippen LogP contribution in [-0.2, 0) is 65.4 Å². The van der Waals surface area contributed by atoms with E-state index < -0.39 is 97.5 Å². The standard InChI is InChI=1S/C81H142O17P2/c1-5-9-13-17-21-25-29-33-37-41-45-49-53-57-61-65-78(83)91-71-76(97-80(85)67-63-59-55-51-47-43-39-35-31-27-23-19-15-11-7-3)73-95-99(87,88)93-69-75(82)70-94-100(89,90)96-74-77(98-81(86)68-64-60-56-52-48-44-40-36-32-28-24-20-16-12-8-4)72-92-79(84)66-62-58-54-50-46-42-38-34-30-26-22-18-14-10-6-2/h9-10,13-14,21-22,25-26,33-40,75-77,82H,5-8,11-12,15-20,23-24,27-32,41-74H2,1-4H3,(H,87,88)(H,89,90)/b13-9-,14-10-,25-21-,26-22-,37-33-,38-34-,39-35-,40-36-. The maximum atomic E-state index is 13.1. The number of carbonyl (C=O) groups excluding carboxylic acids is 4. The van der Waals surface area contributed by atoms with Gasteiger partial charge in [-0.05, 0) is 141 Å². The second-order valence-electron chi connectivity index (χ2n) is 26.2. The van der Waals surface area contributed by atoms with Gasteiger partial charge in [0.05, 0.1) is 26.4 Å². The van der Waals surface area contributed by atoms with Crippen molar-refractivity contribution in [1.29, 1.82) is 0 Å². The number of phosphoric acid groups is 2. The van der Waals surface area contributed by atoms with Gasteiger partial charge in [0.2, 0.25) is 0 Å². The Bertz CT molecular complexity index is 2120. The number of hydrogen-bond donors (Lipinski definition) is 3. The van der Waals surface area contributed by atoms with Gasteiger partial charge in [-0.25, -0.2) is 9.13 Å². The molecule has 3 N–H and O–H groups in total. The Hall–Kier alpha value is -4.02. The third-order valence-corrected chi connectivity index (χ3v) is 18.4. The molecule has 0 saturated carbocycles. The summed E-state index contributed by atoms with van der Waals surface area (Å²) in [6.07, 6.45) is 76.7. The Kier molecular flexibility index (Phi) is 70.4. The van der Waals surface area contributed by atoms with Crippen molar-refractivity contribution in [3.8, 4) is 0 Å². The van der Waals surface area contributed by atoms with Crippen molar-refractivity contribution in [1.82, 2.24) is 0 Å². The number of unbranched alkanes of at least 4 members (excludes halogenated alkanes) is 32. The SMILES string of the molecule is CC/C=C\C/C=C\C/C=C\CCCCCCCC(=O)OCC(COP(=O)(O)OCC(O)COP(=O)(O)OCC(COC(=O)CCCCCCC/C=C\C/C=C\C/C=C\CC)OC(=O)CCCCCCC/C=C\CCCCCCCC)OC(=O)CCCCCCC/C=C\CCCCCCCC. The fraction of sp³-hybridized carbons (Fsp3) is 0.753. The predicted molar refractivity (Wildman–Crippen MR) is 409 cm³/mol. The molecule has 4 atom stereocenters. The maximum absolute atomic E-state index is 13.1. The molecular weight excluding hydrogens is 1310 g/mol. The Morgan fingerprint density at radius 2 is 0.520 bits per heavy atom. The average Bonchev–Trinajstić information content (AvgIpc) is 1.01. The molecule has 0 rings (SSSR count). The minimum absolute atomic E-state index is 0.0813. The number of ether oxygens (including phenoxy) is 4. The summed E-state index contributed by atoms with van der Waals surface area (Å²) >= 11 is 0. The van der Waals surface area contributed by atoms with E-state index in [0.29, 0.717) is 25.7 Å². The van der Waals surface area contributed by atoms with Crippen molar-refractivity contribution in [2.24, 2.45) is 0 Å². The average molecular weight is 1450 g/mol. The van der Waals surface area contributed by atoms with Crippen molar-refractivity contribution < 1.29 is 80.2 Å². The van der Waals surface area contributed by atoms with Crippen LogP contribution in [0.5, 0.6) is 0 Å². The van der Waals surface area contributed by atoms with E-state index >= 15 is 0 Å². The van der Waals surface area contributed by atoms with Crippen LogP contribution in [0.4, 0.5) is 0 Å². The lowest BCUT2D eigenvalue weighted by Gasteiger charge is -2.21. The van der Waals surface area contributed by atoms with Crippen molar-refractivity contribution in [2.45, 2.75) is 354 Å². The van der Waals surface area contributed by atoms with Crippen LogP contribution in [0.2, 0.25) is 0 Å². The molecule has 0 saturated heterocycles. The van der Waals surface area contributed by atoms with E-state index in [4.69, 9.17) is 37.0 Å². The summed E-state index contributed by atoms with van der Waals surface area (Å²) in [4.78, 5) is 73.0. The topological polar surface area (TPSA) is 237 Å². The molecule has 0 aliphatic rings. The van der Waals surface area contributed by atoms with E-state index in [-0.39, 0.29) is 25.7 Å². The van der Waals surface area contributed by atoms with Crippen LogP contribution in [-0.4, -0.2) is 96.7 Å². The number of rotatable bonds is 74. The highest BCUT2D eigenvalue weighted by Gasteiger charge is 2.30. The molecule has 0 spiro atoms. The van der Waals surface area contributed by atoms with E-state index in [2.05, 4.69) is 125 Å². The molecular formula is C81H142O17P2. The Morgan fingerprint density at radius 3 is 0.810 bits per heavy atom. The first kappa shape index (κ1) is 96.0. The number of carbonyl (C=O) groups is 4. The molecule has 17 nitrogen and oxygen atoms in total. The normalized spacial score (nSPS) is 14.4. The number of hydrogen-bond acceptors (Lipinski definition) is 15. The molecule has 0 aliphatic heterocycles. The Balaban J connectivity index is 5.38. The number of phosphoric ester groups is 2. The van der Waals surface area contributed by atoms with Crippen LogP contribution in [0.3, 0.4) is 0 Å². The lowest BCUT2D eigenvalue weighted by Crippen LogP contribution is -2.30. The lowest BCUT2D eigenvalue weighted by molar-refractivity contribution is -0.161. The summed E-state index contributed by atoms with van der Waals surface area (Å²) in [6.45, 7) is 4.62. The highest BCUT2D eigenvalue weighted by molar-refractivity contribution is 7.47. The monoisotopic (exact) mass is 1450 g/mol. The van der Waals surface area contributed by atoms with Gasteiger partial charge < -0.3 is 33.8 Å². The molecule has 4 unspecified atom stereocenters. The Labute approximate surface area is 607 Å². The Morgan fingerprint density at radius 1 is 0.290 bits per heavy atom. The second kappa shape index (κ2) is 73.3. The summed E-state index contributed by atoms with van der Waals surface area (Å²) in [5.41, 5.74) is 0. The van der Waals surface area contributed by atoms with E-state index in [1.54, 1.807) is 0 Å². The summed E-state index contributed by atoms with van der Waals surface area (Å²) < 4.78 is 68.6. The van der Waals surface area contributed by atoms with E-state index in [9.17, 15) is 43.2 Å². The molecule has 0 amide bonds. The van der Waals surface area contributed by atoms with Crippen LogP contribution in [0.1, 0.15) is 336 Å². The highest BCUT2D eigenvalue weighted by Crippen LogP contribution is 2.45. The predicted octanol–water partition coefficient (Wildman–Crippen LogP) is 22.8. The smallest absolute Gasteiger partial charge is 0.462 e. The summed E-state index contributed by atoms with van der Waals surface area (Å²) in [5, 5.41) is 10.6. The minimum atomic E-state index is -4.98. The van der Waals surface area contributed by atoms with Crippen molar-refractivity contribution >= 4 is 39.5 Å². The van der Waals surface area contributed by atoms with Crippen LogP contribution >= 0.6 is 15.6 Å². The van der Waals surface area contributed by atoms with Gasteiger partial charge in [-0.2, -0.15) is 0 Å². The molecule has 0 radical (unpaired) electrons. The summed E-state index contributed by atoms with van der Waals surface area (Å²) in [6, 6.07) is 0. The first-order chi connectivity index (χ1) is 48.7. The fourth-order valence-corrected chi connectivity index (χ4v) is 12.1. The molecule has 0 aromatic rings. The lowest BCUT2D eigenvalue weighted by atomic mass is 10.1. The van der Waals surface area contributed by atoms with Crippen LogP contribution in [0.25, 0.3) is 0 Å². The number of aliphatic hydroxyl groups excluding tert-OH is 1. The van der Waals surface area contributed by atoms with Gasteiger partial charge in [0.25, 0.3) is 0 Å². The second-order valence-corrected chi connectivity index (χ2v) is 29.1. The first-order valence-electron chi connectivity index (χ1n) is 39.5. The van der Waals surface area contributed by atoms with Crippen molar-refractivity contribution in [2.75, 3.05) is 39.6 Å². The highest BCUT2D eigenvalue weighted by atomic mass is 31.2. The summed E-state index contributed by atoms with van der Waals surface area (Å²) in [7, 11) is -9.96. The van der Waals surface area contributed by atoms with Crippen molar-refractivity contribution in [3.05, 3.63) is 97.2 Å². The first-order valence-corrected chi connectivity index (χ1v) is 42.5. The zero-order valence-corrected chi connectivity index (χ0v) is 64.9. The van der Waals surface area contributed by atoms with Gasteiger partial charge in [0, 0.05) is 25.7 Å². The molecule has 0 bridgehead atoms. The molecule has 100 heavy (non-hydrogen) atoms. The van der Waals surface area contributed by atoms with Gasteiger partial charge in [0.1, 0.15) is 19.3 Å². The van der Waals surface area contributed by atoms with E-state index in [0.717, 1.165) is 180 Å². The number of esters is 4. The van der Waals surface area contributed by atoms with Gasteiger partial charge >= 0.3 is 39.5 Å². The van der Waals surface area contributed by atoms with E-state index in [1.165, 1.54) is 77.0 Å². The summed E-state index contributed by atoms with van der Waals surface area (Å²) in [5.74, 6) is -2.22. The molecule has 0 heterocycles. The quantitative estimate of drug-likeness (QED) is 0.0169. The minimum Gasteiger partial charge on any atom is -0.462 e.